The molecule has 0 aromatic rings. The van der Waals surface area contributed by atoms with Gasteiger partial charge in [-0.3, -0.25) is 4.79 Å². The van der Waals surface area contributed by atoms with Crippen molar-refractivity contribution in [1.82, 2.24) is 4.90 Å². The summed E-state index contributed by atoms with van der Waals surface area (Å²) in [6.07, 6.45) is 32.1. The molecule has 0 aliphatic carbocycles. The Balaban J connectivity index is 3.82. The van der Waals surface area contributed by atoms with Crippen molar-refractivity contribution in [2.24, 2.45) is 5.73 Å². The Morgan fingerprint density at radius 3 is 1.03 bits per heavy atom. The number of amides is 1. The van der Waals surface area contributed by atoms with Crippen LogP contribution >= 0.6 is 0 Å². The van der Waals surface area contributed by atoms with Crippen LogP contribution in [0.15, 0.2) is 0 Å². The van der Waals surface area contributed by atoms with Gasteiger partial charge in [0.25, 0.3) is 0 Å². The van der Waals surface area contributed by atoms with Gasteiger partial charge in [-0.25, -0.2) is 0 Å². The highest BCUT2D eigenvalue weighted by Crippen LogP contribution is 2.13. The van der Waals surface area contributed by atoms with Gasteiger partial charge in [-0.05, 0) is 45.3 Å². The van der Waals surface area contributed by atoms with E-state index in [0.29, 0.717) is 6.42 Å². The molecule has 3 nitrogen and oxygen atoms in total. The summed E-state index contributed by atoms with van der Waals surface area (Å²) >= 11 is 0. The van der Waals surface area contributed by atoms with Gasteiger partial charge in [0.1, 0.15) is 0 Å². The van der Waals surface area contributed by atoms with E-state index in [1.54, 1.807) is 0 Å². The van der Waals surface area contributed by atoms with Crippen molar-refractivity contribution >= 4 is 5.91 Å². The molecule has 0 radical (unpaired) electrons. The third kappa shape index (κ3) is 27.6. The van der Waals surface area contributed by atoms with Crippen molar-refractivity contribution in [2.75, 3.05) is 19.6 Å². The zero-order valence-electron chi connectivity index (χ0n) is 23.0. The fourth-order valence-electron chi connectivity index (χ4n) is 4.79. The Hall–Kier alpha value is -0.570. The number of hydrogen-bond acceptors (Lipinski definition) is 2. The number of nitrogens with two attached hydrogens (primary N) is 1. The first-order chi connectivity index (χ1) is 16.2. The van der Waals surface area contributed by atoms with Gasteiger partial charge in [-0.2, -0.15) is 0 Å². The third-order valence-corrected chi connectivity index (χ3v) is 7.05. The summed E-state index contributed by atoms with van der Waals surface area (Å²) in [5, 5.41) is 0. The van der Waals surface area contributed by atoms with Crippen molar-refractivity contribution in [1.29, 1.82) is 0 Å². The summed E-state index contributed by atoms with van der Waals surface area (Å²) in [6, 6.07) is 0. The molecule has 0 atom stereocenters. The lowest BCUT2D eigenvalue weighted by atomic mass is 10.1. The number of unbranched alkanes of at least 4 members (excludes halogenated alkanes) is 20. The lowest BCUT2D eigenvalue weighted by Gasteiger charge is -2.22. The van der Waals surface area contributed by atoms with Crippen LogP contribution < -0.4 is 5.73 Å². The third-order valence-electron chi connectivity index (χ3n) is 7.05. The van der Waals surface area contributed by atoms with Crippen LogP contribution in [0.5, 0.6) is 0 Å². The van der Waals surface area contributed by atoms with Crippen LogP contribution in [0.2, 0.25) is 0 Å². The summed E-state index contributed by atoms with van der Waals surface area (Å²) in [5.41, 5.74) is 5.28. The normalized spacial score (nSPS) is 11.5. The minimum Gasteiger partial charge on any atom is -0.370 e. The molecule has 0 rings (SSSR count). The molecule has 0 heterocycles. The van der Waals surface area contributed by atoms with Crippen LogP contribution in [-0.2, 0) is 4.79 Å². The van der Waals surface area contributed by atoms with Gasteiger partial charge in [-0.15, -0.1) is 0 Å². The van der Waals surface area contributed by atoms with Crippen LogP contribution in [0.1, 0.15) is 168 Å². The lowest BCUT2D eigenvalue weighted by Crippen LogP contribution is -2.27. The summed E-state index contributed by atoms with van der Waals surface area (Å²) in [5.74, 6) is -0.150. The van der Waals surface area contributed by atoms with Crippen LogP contribution in [0, 0.1) is 0 Å². The SMILES string of the molecule is CCCCCCCCCCCCN(CCCCCCCCCCCC)CCCCCC(N)=O. The maximum absolute atomic E-state index is 10.9. The first-order valence-electron chi connectivity index (χ1n) is 15.2. The minimum absolute atomic E-state index is 0.150. The van der Waals surface area contributed by atoms with E-state index in [1.165, 1.54) is 154 Å². The Morgan fingerprint density at radius 1 is 0.455 bits per heavy atom. The van der Waals surface area contributed by atoms with Crippen LogP contribution in [0.25, 0.3) is 0 Å². The summed E-state index contributed by atoms with van der Waals surface area (Å²) < 4.78 is 0. The molecule has 2 N–H and O–H groups in total. The maximum Gasteiger partial charge on any atom is 0.217 e. The van der Waals surface area contributed by atoms with Crippen molar-refractivity contribution in [3.63, 3.8) is 0 Å². The van der Waals surface area contributed by atoms with E-state index in [1.807, 2.05) is 0 Å². The summed E-state index contributed by atoms with van der Waals surface area (Å²) in [4.78, 5) is 13.6. The van der Waals surface area contributed by atoms with Gasteiger partial charge in [-0.1, -0.05) is 136 Å². The molecule has 198 valence electrons. The van der Waals surface area contributed by atoms with Crippen molar-refractivity contribution in [3.05, 3.63) is 0 Å². The van der Waals surface area contributed by atoms with Crippen LogP contribution in [0.3, 0.4) is 0 Å². The van der Waals surface area contributed by atoms with E-state index in [4.69, 9.17) is 5.73 Å². The fraction of sp³-hybridized carbons (Fsp3) is 0.967. The molecule has 0 aliphatic rings. The highest BCUT2D eigenvalue weighted by atomic mass is 16.1. The molecule has 1 amide bonds. The zero-order chi connectivity index (χ0) is 24.2. The van der Waals surface area contributed by atoms with Crippen molar-refractivity contribution < 1.29 is 4.79 Å². The molecular formula is C30H62N2O. The second-order valence-corrected chi connectivity index (χ2v) is 10.5. The molecule has 0 aromatic carbocycles. The second kappa shape index (κ2) is 27.7. The molecular weight excluding hydrogens is 404 g/mol. The number of carbonyl (C=O) groups excluding carboxylic acids is 1. The predicted octanol–water partition coefficient (Wildman–Crippen LogP) is 9.18. The molecule has 0 unspecified atom stereocenters. The Labute approximate surface area is 209 Å². The van der Waals surface area contributed by atoms with E-state index in [0.717, 1.165) is 12.8 Å². The van der Waals surface area contributed by atoms with Gasteiger partial charge >= 0.3 is 0 Å². The van der Waals surface area contributed by atoms with Gasteiger partial charge < -0.3 is 10.6 Å². The first-order valence-corrected chi connectivity index (χ1v) is 15.2. The highest BCUT2D eigenvalue weighted by Gasteiger charge is 2.05. The minimum atomic E-state index is -0.150. The number of hydrogen-bond donors (Lipinski definition) is 1. The average Bonchev–Trinajstić information content (AvgIpc) is 2.80. The van der Waals surface area contributed by atoms with Gasteiger partial charge in [0.05, 0.1) is 0 Å². The van der Waals surface area contributed by atoms with E-state index >= 15 is 0 Å². The van der Waals surface area contributed by atoms with E-state index in [9.17, 15) is 4.79 Å². The van der Waals surface area contributed by atoms with Crippen LogP contribution in [-0.4, -0.2) is 30.4 Å². The predicted molar refractivity (Wildman–Crippen MR) is 148 cm³/mol. The number of nitrogens with zero attached hydrogens (tertiary/aromatic N) is 1. The van der Waals surface area contributed by atoms with Crippen LogP contribution in [0.4, 0.5) is 0 Å². The molecule has 0 aromatic heterocycles. The molecule has 0 saturated carbocycles. The van der Waals surface area contributed by atoms with E-state index in [-0.39, 0.29) is 5.91 Å². The Morgan fingerprint density at radius 2 is 0.727 bits per heavy atom. The monoisotopic (exact) mass is 466 g/mol. The number of rotatable bonds is 28. The zero-order valence-corrected chi connectivity index (χ0v) is 23.0. The molecule has 0 saturated heterocycles. The van der Waals surface area contributed by atoms with E-state index < -0.39 is 0 Å². The Kier molecular flexibility index (Phi) is 27.2. The first kappa shape index (κ1) is 32.4. The molecule has 0 fully saturated rings. The van der Waals surface area contributed by atoms with Gasteiger partial charge in [0.15, 0.2) is 0 Å². The van der Waals surface area contributed by atoms with Crippen molar-refractivity contribution in [3.8, 4) is 0 Å². The molecule has 3 heteroatoms. The number of primary amides is 1. The smallest absolute Gasteiger partial charge is 0.217 e. The standard InChI is InChI=1S/C30H62N2O/c1-3-5-7-9-11-13-15-17-19-23-27-32(29-25-21-22-26-30(31)33)28-24-20-18-16-14-12-10-8-6-4-2/h3-29H2,1-2H3,(H2,31,33). The highest BCUT2D eigenvalue weighted by molar-refractivity contribution is 5.73. The topological polar surface area (TPSA) is 46.3 Å². The van der Waals surface area contributed by atoms with Crippen molar-refractivity contribution in [2.45, 2.75) is 168 Å². The van der Waals surface area contributed by atoms with Gasteiger partial charge in [0.2, 0.25) is 5.91 Å². The molecule has 33 heavy (non-hydrogen) atoms. The van der Waals surface area contributed by atoms with Gasteiger partial charge in [0, 0.05) is 6.42 Å². The molecule has 0 bridgehead atoms. The fourth-order valence-corrected chi connectivity index (χ4v) is 4.79. The second-order valence-electron chi connectivity index (χ2n) is 10.5. The summed E-state index contributed by atoms with van der Waals surface area (Å²) in [6.45, 7) is 8.32. The summed E-state index contributed by atoms with van der Waals surface area (Å²) in [7, 11) is 0. The quantitative estimate of drug-likeness (QED) is 0.117. The molecule has 0 aliphatic heterocycles. The van der Waals surface area contributed by atoms with E-state index in [2.05, 4.69) is 18.7 Å². The molecule has 0 spiro atoms. The average molecular weight is 467 g/mol. The number of carbonyl (C=O) groups is 1. The largest absolute Gasteiger partial charge is 0.370 e. The maximum atomic E-state index is 10.9. The Bertz CT molecular complexity index is 361. The lowest BCUT2D eigenvalue weighted by molar-refractivity contribution is -0.118.